The second-order valence-electron chi connectivity index (χ2n) is 5.54. The maximum absolute atomic E-state index is 6.13. The predicted molar refractivity (Wildman–Crippen MR) is 92.1 cm³/mol. The number of hydrogen-bond acceptors (Lipinski definition) is 0. The molecule has 0 nitrogen and oxygen atoms in total. The van der Waals surface area contributed by atoms with E-state index in [2.05, 4.69) is 37.9 Å². The number of hydrogen-bond donors (Lipinski definition) is 0. The van der Waals surface area contributed by atoms with Crippen molar-refractivity contribution in [1.82, 2.24) is 0 Å². The first kappa shape index (κ1) is 16.1. The molecule has 1 aromatic carbocycles. The van der Waals surface area contributed by atoms with E-state index in [4.69, 9.17) is 23.2 Å². The molecule has 1 aliphatic carbocycles. The van der Waals surface area contributed by atoms with Crippen LogP contribution in [0.3, 0.4) is 0 Å². The van der Waals surface area contributed by atoms with Crippen LogP contribution in [0.25, 0.3) is 0 Å². The molecule has 0 atom stereocenters. The lowest BCUT2D eigenvalue weighted by Crippen LogP contribution is -2.35. The van der Waals surface area contributed by atoms with Crippen LogP contribution in [-0.2, 0) is 6.42 Å². The van der Waals surface area contributed by atoms with Crippen LogP contribution >= 0.6 is 55.1 Å². The first-order chi connectivity index (χ1) is 9.11. The molecule has 1 aliphatic rings. The van der Waals surface area contributed by atoms with Crippen molar-refractivity contribution >= 4 is 55.1 Å². The standard InChI is InChI=1S/C15H18Br2Cl2/c16-9-15(10-17,12-3-1-2-4-12)8-11-5-6-13(18)14(19)7-11/h5-7,12H,1-4,8-10H2. The first-order valence-corrected chi connectivity index (χ1v) is 9.67. The molecule has 4 heteroatoms. The van der Waals surface area contributed by atoms with Gasteiger partial charge in [0.15, 0.2) is 0 Å². The van der Waals surface area contributed by atoms with Crippen LogP contribution in [0.5, 0.6) is 0 Å². The Labute approximate surface area is 142 Å². The highest BCUT2D eigenvalue weighted by atomic mass is 79.9. The molecule has 1 aromatic rings. The molecule has 0 heterocycles. The van der Waals surface area contributed by atoms with Crippen molar-refractivity contribution in [2.75, 3.05) is 10.7 Å². The van der Waals surface area contributed by atoms with Gasteiger partial charge in [0.2, 0.25) is 0 Å². The van der Waals surface area contributed by atoms with Crippen LogP contribution in [0.4, 0.5) is 0 Å². The van der Waals surface area contributed by atoms with E-state index in [1.165, 1.54) is 31.2 Å². The van der Waals surface area contributed by atoms with E-state index in [1.807, 2.05) is 12.1 Å². The van der Waals surface area contributed by atoms with E-state index in [-0.39, 0.29) is 5.41 Å². The second kappa shape index (κ2) is 7.15. The van der Waals surface area contributed by atoms with Gasteiger partial charge in [-0.05, 0) is 48.3 Å². The molecular weight excluding hydrogens is 411 g/mol. The highest BCUT2D eigenvalue weighted by Gasteiger charge is 2.38. The molecular formula is C15H18Br2Cl2. The lowest BCUT2D eigenvalue weighted by molar-refractivity contribution is 0.233. The third-order valence-electron chi connectivity index (χ3n) is 4.29. The smallest absolute Gasteiger partial charge is 0.0595 e. The van der Waals surface area contributed by atoms with Crippen molar-refractivity contribution in [3.63, 3.8) is 0 Å². The predicted octanol–water partition coefficient (Wildman–Crippen LogP) is 6.50. The monoisotopic (exact) mass is 426 g/mol. The molecule has 0 aliphatic heterocycles. The molecule has 0 spiro atoms. The SMILES string of the molecule is Clc1ccc(CC(CBr)(CBr)C2CCCC2)cc1Cl. The fourth-order valence-electron chi connectivity index (χ4n) is 3.09. The maximum Gasteiger partial charge on any atom is 0.0595 e. The minimum absolute atomic E-state index is 0.285. The average molecular weight is 429 g/mol. The molecule has 0 radical (unpaired) electrons. The molecule has 2 rings (SSSR count). The number of benzene rings is 1. The van der Waals surface area contributed by atoms with Crippen molar-refractivity contribution in [2.45, 2.75) is 32.1 Å². The summed E-state index contributed by atoms with van der Waals surface area (Å²) in [7, 11) is 0. The third kappa shape index (κ3) is 3.70. The minimum Gasteiger partial charge on any atom is -0.0921 e. The van der Waals surface area contributed by atoms with Crippen molar-refractivity contribution < 1.29 is 0 Å². The van der Waals surface area contributed by atoms with Gasteiger partial charge in [-0.1, -0.05) is 74.0 Å². The van der Waals surface area contributed by atoms with E-state index >= 15 is 0 Å². The van der Waals surface area contributed by atoms with Crippen LogP contribution in [0, 0.1) is 11.3 Å². The molecule has 0 unspecified atom stereocenters. The van der Waals surface area contributed by atoms with Gasteiger partial charge in [-0.3, -0.25) is 0 Å². The fraction of sp³-hybridized carbons (Fsp3) is 0.600. The second-order valence-corrected chi connectivity index (χ2v) is 7.47. The van der Waals surface area contributed by atoms with Crippen molar-refractivity contribution in [3.8, 4) is 0 Å². The lowest BCUT2D eigenvalue weighted by atomic mass is 9.73. The zero-order chi connectivity index (χ0) is 13.9. The summed E-state index contributed by atoms with van der Waals surface area (Å²) >= 11 is 19.6. The van der Waals surface area contributed by atoms with Crippen LogP contribution in [-0.4, -0.2) is 10.7 Å². The summed E-state index contributed by atoms with van der Waals surface area (Å²) in [6.07, 6.45) is 6.48. The van der Waals surface area contributed by atoms with Gasteiger partial charge in [0.1, 0.15) is 0 Å². The third-order valence-corrected chi connectivity index (χ3v) is 7.27. The van der Waals surface area contributed by atoms with E-state index in [1.54, 1.807) is 0 Å². The van der Waals surface area contributed by atoms with E-state index in [0.29, 0.717) is 10.0 Å². The molecule has 0 N–H and O–H groups in total. The molecule has 106 valence electrons. The topological polar surface area (TPSA) is 0 Å². The Kier molecular flexibility index (Phi) is 6.08. The molecule has 0 saturated heterocycles. The zero-order valence-corrected chi connectivity index (χ0v) is 15.5. The Balaban J connectivity index is 2.21. The molecule has 1 saturated carbocycles. The van der Waals surface area contributed by atoms with Gasteiger partial charge < -0.3 is 0 Å². The Morgan fingerprint density at radius 1 is 1.05 bits per heavy atom. The summed E-state index contributed by atoms with van der Waals surface area (Å²) in [5.74, 6) is 0.792. The van der Waals surface area contributed by atoms with Crippen LogP contribution in [0.1, 0.15) is 31.2 Å². The van der Waals surface area contributed by atoms with Gasteiger partial charge >= 0.3 is 0 Å². The zero-order valence-electron chi connectivity index (χ0n) is 10.8. The summed E-state index contributed by atoms with van der Waals surface area (Å²) < 4.78 is 0. The largest absolute Gasteiger partial charge is 0.0921 e. The Morgan fingerprint density at radius 3 is 2.21 bits per heavy atom. The molecule has 1 fully saturated rings. The molecule has 19 heavy (non-hydrogen) atoms. The fourth-order valence-corrected chi connectivity index (χ4v) is 5.65. The quantitative estimate of drug-likeness (QED) is 0.469. The molecule has 0 amide bonds. The highest BCUT2D eigenvalue weighted by molar-refractivity contribution is 9.09. The number of alkyl halides is 2. The number of halogens is 4. The lowest BCUT2D eigenvalue weighted by Gasteiger charge is -2.36. The number of rotatable bonds is 5. The van der Waals surface area contributed by atoms with Gasteiger partial charge in [-0.2, -0.15) is 0 Å². The van der Waals surface area contributed by atoms with Gasteiger partial charge in [0.25, 0.3) is 0 Å². The van der Waals surface area contributed by atoms with Gasteiger partial charge in [0, 0.05) is 10.7 Å². The average Bonchev–Trinajstić information content (AvgIpc) is 2.95. The Bertz CT molecular complexity index is 424. The highest BCUT2D eigenvalue weighted by Crippen LogP contribution is 2.45. The summed E-state index contributed by atoms with van der Waals surface area (Å²) in [6.45, 7) is 0. The van der Waals surface area contributed by atoms with Gasteiger partial charge in [-0.25, -0.2) is 0 Å². The first-order valence-electron chi connectivity index (χ1n) is 6.67. The normalized spacial score (nSPS) is 17.1. The summed E-state index contributed by atoms with van der Waals surface area (Å²) in [6, 6.07) is 6.02. The van der Waals surface area contributed by atoms with Gasteiger partial charge in [-0.15, -0.1) is 0 Å². The van der Waals surface area contributed by atoms with Crippen LogP contribution < -0.4 is 0 Å². The summed E-state index contributed by atoms with van der Waals surface area (Å²) in [5.41, 5.74) is 1.56. The minimum atomic E-state index is 0.285. The van der Waals surface area contributed by atoms with E-state index in [0.717, 1.165) is 23.0 Å². The van der Waals surface area contributed by atoms with Crippen LogP contribution in [0.15, 0.2) is 18.2 Å². The van der Waals surface area contributed by atoms with Crippen molar-refractivity contribution in [1.29, 1.82) is 0 Å². The maximum atomic E-state index is 6.13. The molecule has 0 aromatic heterocycles. The van der Waals surface area contributed by atoms with Crippen molar-refractivity contribution in [2.24, 2.45) is 11.3 Å². The Morgan fingerprint density at radius 2 is 1.68 bits per heavy atom. The summed E-state index contributed by atoms with van der Waals surface area (Å²) in [5, 5.41) is 3.34. The molecule has 0 bridgehead atoms. The summed E-state index contributed by atoms with van der Waals surface area (Å²) in [4.78, 5) is 0. The van der Waals surface area contributed by atoms with Crippen molar-refractivity contribution in [3.05, 3.63) is 33.8 Å². The Hall–Kier alpha value is 0.760. The van der Waals surface area contributed by atoms with E-state index < -0.39 is 0 Å². The van der Waals surface area contributed by atoms with Gasteiger partial charge in [0.05, 0.1) is 10.0 Å². The van der Waals surface area contributed by atoms with Crippen LogP contribution in [0.2, 0.25) is 10.0 Å². The van der Waals surface area contributed by atoms with E-state index in [9.17, 15) is 0 Å².